The minimum Gasteiger partial charge on any atom is -0.493 e. The van der Waals surface area contributed by atoms with E-state index in [1.54, 1.807) is 25.1 Å². The first-order valence-electron chi connectivity index (χ1n) is 8.12. The summed E-state index contributed by atoms with van der Waals surface area (Å²) in [6, 6.07) is 6.06. The molecule has 1 heterocycles. The smallest absolute Gasteiger partial charge is 0.342 e. The summed E-state index contributed by atoms with van der Waals surface area (Å²) >= 11 is 0. The Hall–Kier alpha value is -3.29. The quantitative estimate of drug-likeness (QED) is 0.773. The van der Waals surface area contributed by atoms with E-state index in [4.69, 9.17) is 18.6 Å². The van der Waals surface area contributed by atoms with Gasteiger partial charge in [-0.1, -0.05) is 0 Å². The van der Waals surface area contributed by atoms with Crippen molar-refractivity contribution in [2.45, 2.75) is 26.9 Å². The van der Waals surface area contributed by atoms with Crippen molar-refractivity contribution >= 4 is 17.6 Å². The van der Waals surface area contributed by atoms with Crippen LogP contribution in [0.5, 0.6) is 11.5 Å². The fourth-order valence-corrected chi connectivity index (χ4v) is 2.49. The van der Waals surface area contributed by atoms with Gasteiger partial charge in [0, 0.05) is 17.8 Å². The lowest BCUT2D eigenvalue weighted by atomic mass is 10.1. The lowest BCUT2D eigenvalue weighted by Gasteiger charge is -2.15. The Morgan fingerprint density at radius 1 is 1.07 bits per heavy atom. The zero-order valence-corrected chi connectivity index (χ0v) is 15.7. The molecule has 1 amide bonds. The SMILES string of the molecule is COc1ccc(NC(=O)C(C)OC(=O)c2c(C)cc(=O)oc2C)cc1OC. The number of carbonyl (C=O) groups is 2. The van der Waals surface area contributed by atoms with E-state index in [0.29, 0.717) is 22.7 Å². The maximum Gasteiger partial charge on any atom is 0.342 e. The second kappa shape index (κ2) is 8.39. The standard InChI is InChI=1S/C19H21NO7/c1-10-8-16(21)26-11(2)17(10)19(23)27-12(3)18(22)20-13-6-7-14(24-4)15(9-13)25-5/h6-9,12H,1-5H3,(H,20,22). The molecule has 8 nitrogen and oxygen atoms in total. The van der Waals surface area contributed by atoms with Gasteiger partial charge in [0.15, 0.2) is 17.6 Å². The van der Waals surface area contributed by atoms with Gasteiger partial charge in [0.2, 0.25) is 0 Å². The maximum absolute atomic E-state index is 12.3. The number of carbonyl (C=O) groups excluding carboxylic acids is 2. The molecule has 1 atom stereocenters. The molecule has 0 saturated heterocycles. The summed E-state index contributed by atoms with van der Waals surface area (Å²) in [7, 11) is 2.99. The summed E-state index contributed by atoms with van der Waals surface area (Å²) in [5.74, 6) is -0.165. The molecule has 0 aliphatic carbocycles. The average Bonchev–Trinajstić information content (AvgIpc) is 2.60. The lowest BCUT2D eigenvalue weighted by Crippen LogP contribution is -2.30. The largest absolute Gasteiger partial charge is 0.493 e. The summed E-state index contributed by atoms with van der Waals surface area (Å²) < 4.78 is 20.4. The van der Waals surface area contributed by atoms with Crippen LogP contribution in [0.3, 0.4) is 0 Å². The number of rotatable bonds is 6. The van der Waals surface area contributed by atoms with Crippen LogP contribution in [-0.4, -0.2) is 32.2 Å². The molecular weight excluding hydrogens is 354 g/mol. The molecule has 1 aromatic heterocycles. The molecule has 0 bridgehead atoms. The lowest BCUT2D eigenvalue weighted by molar-refractivity contribution is -0.123. The molecule has 1 N–H and O–H groups in total. The Kier molecular flexibility index (Phi) is 6.23. The summed E-state index contributed by atoms with van der Waals surface area (Å²) in [5, 5.41) is 2.64. The highest BCUT2D eigenvalue weighted by atomic mass is 16.5. The van der Waals surface area contributed by atoms with Crippen molar-refractivity contribution in [2.24, 2.45) is 0 Å². The van der Waals surface area contributed by atoms with E-state index >= 15 is 0 Å². The van der Waals surface area contributed by atoms with Gasteiger partial charge in [0.05, 0.1) is 14.2 Å². The van der Waals surface area contributed by atoms with Gasteiger partial charge in [-0.2, -0.15) is 0 Å². The molecule has 2 aromatic rings. The minimum atomic E-state index is -1.07. The molecular formula is C19H21NO7. The van der Waals surface area contributed by atoms with Crippen molar-refractivity contribution in [3.8, 4) is 11.5 Å². The second-order valence-electron chi connectivity index (χ2n) is 5.79. The van der Waals surface area contributed by atoms with Crippen LogP contribution < -0.4 is 20.4 Å². The first-order chi connectivity index (χ1) is 12.8. The topological polar surface area (TPSA) is 104 Å². The Morgan fingerprint density at radius 2 is 1.74 bits per heavy atom. The van der Waals surface area contributed by atoms with Crippen LogP contribution >= 0.6 is 0 Å². The average molecular weight is 375 g/mol. The highest BCUT2D eigenvalue weighted by molar-refractivity contribution is 5.98. The highest BCUT2D eigenvalue weighted by Crippen LogP contribution is 2.29. The van der Waals surface area contributed by atoms with Gasteiger partial charge in [-0.15, -0.1) is 0 Å². The second-order valence-corrected chi connectivity index (χ2v) is 5.79. The summed E-state index contributed by atoms with van der Waals surface area (Å²) in [4.78, 5) is 36.0. The number of hydrogen-bond donors (Lipinski definition) is 1. The van der Waals surface area contributed by atoms with Crippen LogP contribution in [0, 0.1) is 13.8 Å². The van der Waals surface area contributed by atoms with Crippen molar-refractivity contribution in [1.82, 2.24) is 0 Å². The van der Waals surface area contributed by atoms with Gasteiger partial charge < -0.3 is 23.9 Å². The van der Waals surface area contributed by atoms with E-state index in [2.05, 4.69) is 5.32 Å². The van der Waals surface area contributed by atoms with Crippen molar-refractivity contribution < 1.29 is 28.2 Å². The number of hydrogen-bond acceptors (Lipinski definition) is 7. The number of benzene rings is 1. The van der Waals surface area contributed by atoms with Gasteiger partial charge in [-0.3, -0.25) is 4.79 Å². The molecule has 0 spiro atoms. The van der Waals surface area contributed by atoms with Gasteiger partial charge in [-0.25, -0.2) is 9.59 Å². The van der Waals surface area contributed by atoms with Crippen LogP contribution in [-0.2, 0) is 9.53 Å². The Balaban J connectivity index is 2.10. The number of amides is 1. The van der Waals surface area contributed by atoms with E-state index in [0.717, 1.165) is 0 Å². The van der Waals surface area contributed by atoms with Crippen molar-refractivity contribution in [3.63, 3.8) is 0 Å². The molecule has 144 valence electrons. The molecule has 1 unspecified atom stereocenters. The minimum absolute atomic E-state index is 0.125. The predicted molar refractivity (Wildman–Crippen MR) is 97.5 cm³/mol. The Bertz CT molecular complexity index is 891. The number of ether oxygens (including phenoxy) is 3. The third-order valence-electron chi connectivity index (χ3n) is 3.84. The third kappa shape index (κ3) is 4.66. The number of anilines is 1. The van der Waals surface area contributed by atoms with Crippen molar-refractivity contribution in [2.75, 3.05) is 19.5 Å². The highest BCUT2D eigenvalue weighted by Gasteiger charge is 2.23. The molecule has 1 aromatic carbocycles. The molecule has 0 aliphatic heterocycles. The van der Waals surface area contributed by atoms with Gasteiger partial charge in [0.25, 0.3) is 5.91 Å². The maximum atomic E-state index is 12.3. The monoisotopic (exact) mass is 375 g/mol. The van der Waals surface area contributed by atoms with Crippen LogP contribution in [0.2, 0.25) is 0 Å². The van der Waals surface area contributed by atoms with Crippen LogP contribution in [0.15, 0.2) is 33.5 Å². The van der Waals surface area contributed by atoms with Crippen LogP contribution in [0.25, 0.3) is 0 Å². The van der Waals surface area contributed by atoms with Gasteiger partial charge >= 0.3 is 11.6 Å². The summed E-state index contributed by atoms with van der Waals surface area (Å²) in [6.45, 7) is 4.52. The number of aryl methyl sites for hydroxylation is 2. The third-order valence-corrected chi connectivity index (χ3v) is 3.84. The van der Waals surface area contributed by atoms with Gasteiger partial charge in [-0.05, 0) is 38.5 Å². The molecule has 27 heavy (non-hydrogen) atoms. The molecule has 0 saturated carbocycles. The van der Waals surface area contributed by atoms with E-state index in [1.807, 2.05) is 0 Å². The molecule has 8 heteroatoms. The normalized spacial score (nSPS) is 11.4. The number of esters is 1. The van der Waals surface area contributed by atoms with Crippen molar-refractivity contribution in [1.29, 1.82) is 0 Å². The zero-order valence-electron chi connectivity index (χ0n) is 15.7. The first kappa shape index (κ1) is 20.0. The predicted octanol–water partition coefficient (Wildman–Crippen LogP) is 2.46. The van der Waals surface area contributed by atoms with E-state index in [9.17, 15) is 14.4 Å². The summed E-state index contributed by atoms with van der Waals surface area (Å²) in [6.07, 6.45) is -1.07. The number of methoxy groups -OCH3 is 2. The molecule has 0 radical (unpaired) electrons. The Labute approximate surface area is 156 Å². The van der Waals surface area contributed by atoms with Gasteiger partial charge in [0.1, 0.15) is 11.3 Å². The molecule has 2 rings (SSSR count). The van der Waals surface area contributed by atoms with Crippen molar-refractivity contribution in [3.05, 3.63) is 51.6 Å². The van der Waals surface area contributed by atoms with Crippen LogP contribution in [0.1, 0.15) is 28.6 Å². The van der Waals surface area contributed by atoms with Crippen LogP contribution in [0.4, 0.5) is 5.69 Å². The van der Waals surface area contributed by atoms with E-state index in [1.165, 1.54) is 34.1 Å². The number of nitrogens with one attached hydrogen (secondary N) is 1. The fourth-order valence-electron chi connectivity index (χ4n) is 2.49. The first-order valence-corrected chi connectivity index (χ1v) is 8.12. The zero-order chi connectivity index (χ0) is 20.1. The van der Waals surface area contributed by atoms with E-state index in [-0.39, 0.29) is 11.3 Å². The fraction of sp³-hybridized carbons (Fsp3) is 0.316. The molecule has 0 fully saturated rings. The Morgan fingerprint density at radius 3 is 2.33 bits per heavy atom. The summed E-state index contributed by atoms with van der Waals surface area (Å²) in [5.41, 5.74) is 0.445. The molecule has 0 aliphatic rings. The van der Waals surface area contributed by atoms with E-state index < -0.39 is 23.6 Å².